The van der Waals surface area contributed by atoms with Crippen molar-refractivity contribution in [3.05, 3.63) is 126 Å². The fourth-order valence-electron chi connectivity index (χ4n) is 3.21. The largest absolute Gasteiger partial charge is 0.345 e. The molecule has 34 heavy (non-hydrogen) atoms. The fraction of sp³-hybridized carbons (Fsp3) is 0.258. The number of benzene rings is 3. The summed E-state index contributed by atoms with van der Waals surface area (Å²) in [7, 11) is 1.77. The first kappa shape index (κ1) is 28.4. The second kappa shape index (κ2) is 17.9. The molecule has 0 amide bonds. The van der Waals surface area contributed by atoms with E-state index in [1.807, 2.05) is 52.0 Å². The van der Waals surface area contributed by atoms with Crippen LogP contribution in [0.25, 0.3) is 0 Å². The van der Waals surface area contributed by atoms with Crippen LogP contribution in [0.4, 0.5) is 5.69 Å². The molecular formula is C31H41N3. The third-order valence-corrected chi connectivity index (χ3v) is 4.77. The topological polar surface area (TPSA) is 36.4 Å². The quantitative estimate of drug-likeness (QED) is 0.306. The molecule has 0 radical (unpaired) electrons. The van der Waals surface area contributed by atoms with Gasteiger partial charge in [0.1, 0.15) is 0 Å². The van der Waals surface area contributed by atoms with E-state index in [4.69, 9.17) is 0 Å². The average molecular weight is 456 g/mol. The molecule has 3 heteroatoms. The molecule has 0 aliphatic heterocycles. The number of hydrogen-bond acceptors (Lipinski definition) is 3. The Labute approximate surface area is 207 Å². The predicted octanol–water partition coefficient (Wildman–Crippen LogP) is 7.82. The van der Waals surface area contributed by atoms with Crippen molar-refractivity contribution in [3.8, 4) is 0 Å². The summed E-state index contributed by atoms with van der Waals surface area (Å²) in [5.74, 6) is 0.735. The van der Waals surface area contributed by atoms with Gasteiger partial charge in [0.05, 0.1) is 5.82 Å². The van der Waals surface area contributed by atoms with E-state index < -0.39 is 0 Å². The van der Waals surface area contributed by atoms with Crippen molar-refractivity contribution in [1.29, 1.82) is 0 Å². The van der Waals surface area contributed by atoms with Crippen LogP contribution in [0.5, 0.6) is 0 Å². The smallest absolute Gasteiger partial charge is 0.0999 e. The summed E-state index contributed by atoms with van der Waals surface area (Å²) in [5.41, 5.74) is 5.97. The van der Waals surface area contributed by atoms with Gasteiger partial charge in [0.15, 0.2) is 0 Å². The molecule has 0 saturated carbocycles. The van der Waals surface area contributed by atoms with Crippen molar-refractivity contribution in [3.63, 3.8) is 0 Å². The van der Waals surface area contributed by atoms with Crippen LogP contribution < -0.4 is 10.6 Å². The molecule has 0 spiro atoms. The number of nitrogens with one attached hydrogen (secondary N) is 2. The van der Waals surface area contributed by atoms with Gasteiger partial charge in [-0.05, 0) is 47.7 Å². The summed E-state index contributed by atoms with van der Waals surface area (Å²) in [5, 5.41) is 6.72. The zero-order chi connectivity index (χ0) is 25.0. The van der Waals surface area contributed by atoms with Crippen LogP contribution >= 0.6 is 0 Å². The van der Waals surface area contributed by atoms with E-state index in [0.29, 0.717) is 0 Å². The van der Waals surface area contributed by atoms with Gasteiger partial charge < -0.3 is 10.6 Å². The van der Waals surface area contributed by atoms with E-state index in [2.05, 4.69) is 88.9 Å². The molecule has 0 saturated heterocycles. The van der Waals surface area contributed by atoms with Crippen molar-refractivity contribution >= 4 is 11.9 Å². The highest BCUT2D eigenvalue weighted by Gasteiger charge is 2.03. The molecule has 0 aromatic heterocycles. The Bertz CT molecular complexity index is 972. The van der Waals surface area contributed by atoms with Gasteiger partial charge >= 0.3 is 0 Å². The monoisotopic (exact) mass is 455 g/mol. The van der Waals surface area contributed by atoms with Crippen LogP contribution in [0, 0.1) is 0 Å². The van der Waals surface area contributed by atoms with Crippen LogP contribution in [-0.2, 0) is 19.3 Å². The van der Waals surface area contributed by atoms with E-state index in [9.17, 15) is 0 Å². The van der Waals surface area contributed by atoms with Gasteiger partial charge in [-0.15, -0.1) is 0 Å². The summed E-state index contributed by atoms with van der Waals surface area (Å²) in [6.45, 7) is 12.1. The lowest BCUT2D eigenvalue weighted by Gasteiger charge is -2.15. The Hall–Kier alpha value is -3.59. The molecule has 180 valence electrons. The second-order valence-corrected chi connectivity index (χ2v) is 7.17. The number of rotatable bonds is 10. The van der Waals surface area contributed by atoms with Crippen molar-refractivity contribution < 1.29 is 0 Å². The summed E-state index contributed by atoms with van der Waals surface area (Å²) < 4.78 is 0. The van der Waals surface area contributed by atoms with Crippen LogP contribution in [0.3, 0.4) is 0 Å². The number of aliphatic imine (C=N–C) groups is 1. The van der Waals surface area contributed by atoms with Crippen LogP contribution in [-0.4, -0.2) is 13.3 Å². The average Bonchev–Trinajstić information content (AvgIpc) is 2.90. The Morgan fingerprint density at radius 2 is 1.24 bits per heavy atom. The maximum atomic E-state index is 4.13. The van der Waals surface area contributed by atoms with Gasteiger partial charge in [-0.1, -0.05) is 107 Å². The van der Waals surface area contributed by atoms with Crippen molar-refractivity contribution in [2.45, 2.75) is 47.0 Å². The minimum atomic E-state index is 0.735. The highest BCUT2D eigenvalue weighted by Crippen LogP contribution is 2.14. The van der Waals surface area contributed by atoms with Crippen molar-refractivity contribution in [2.24, 2.45) is 4.99 Å². The van der Waals surface area contributed by atoms with Crippen molar-refractivity contribution in [1.82, 2.24) is 5.32 Å². The first-order valence-electron chi connectivity index (χ1n) is 12.2. The number of anilines is 1. The van der Waals surface area contributed by atoms with E-state index in [0.717, 1.165) is 36.5 Å². The first-order valence-corrected chi connectivity index (χ1v) is 12.2. The second-order valence-electron chi connectivity index (χ2n) is 7.17. The van der Waals surface area contributed by atoms with Gasteiger partial charge in [0.25, 0.3) is 0 Å². The summed E-state index contributed by atoms with van der Waals surface area (Å²) in [6, 6.07) is 29.5. The molecule has 3 rings (SSSR count). The molecule has 3 aromatic carbocycles. The van der Waals surface area contributed by atoms with Crippen molar-refractivity contribution in [2.75, 3.05) is 12.4 Å². The number of nitrogens with zero attached hydrogens (tertiary/aromatic N) is 1. The first-order chi connectivity index (χ1) is 16.7. The van der Waals surface area contributed by atoms with Gasteiger partial charge in [0.2, 0.25) is 0 Å². The Morgan fingerprint density at radius 1 is 0.735 bits per heavy atom. The summed E-state index contributed by atoms with van der Waals surface area (Å²) in [6.07, 6.45) is 6.64. The Balaban J connectivity index is 0.00000137. The standard InChI is InChI=1S/C27H29N3.2C2H6/c1-22(30-27(19-20-28-2)21-25-11-7-4-8-12-25)29-26-17-15-24(16-18-26)14-13-23-9-5-3-6-10-23;2*1-2/h3-12,15-20,29-30H,1,13-14,21H2,2H3;2*1-2H3/b27-19+,28-20?;;. The van der Waals surface area contributed by atoms with E-state index >= 15 is 0 Å². The number of allylic oxidation sites excluding steroid dienone is 2. The SMILES string of the molecule is C=C(N/C(=C/C=NC)Cc1ccccc1)Nc1ccc(CCc2ccccc2)cc1.CC.CC. The predicted molar refractivity (Wildman–Crippen MR) is 152 cm³/mol. The molecule has 0 heterocycles. The molecular weight excluding hydrogens is 414 g/mol. The minimum absolute atomic E-state index is 0.735. The minimum Gasteiger partial charge on any atom is -0.345 e. The van der Waals surface area contributed by atoms with Gasteiger partial charge in [-0.25, -0.2) is 0 Å². The molecule has 3 aromatic rings. The van der Waals surface area contributed by atoms with Gasteiger partial charge in [-0.3, -0.25) is 4.99 Å². The Kier molecular flexibility index (Phi) is 15.0. The van der Waals surface area contributed by atoms with E-state index in [1.165, 1.54) is 16.7 Å². The molecule has 3 nitrogen and oxygen atoms in total. The maximum Gasteiger partial charge on any atom is 0.0999 e. The van der Waals surface area contributed by atoms with Gasteiger partial charge in [0, 0.05) is 31.1 Å². The lowest BCUT2D eigenvalue weighted by atomic mass is 10.0. The lowest BCUT2D eigenvalue weighted by molar-refractivity contribution is 0.920. The zero-order valence-corrected chi connectivity index (χ0v) is 21.5. The Morgan fingerprint density at radius 3 is 1.76 bits per heavy atom. The van der Waals surface area contributed by atoms with Crippen LogP contribution in [0.2, 0.25) is 0 Å². The van der Waals surface area contributed by atoms with E-state index in [1.54, 1.807) is 13.3 Å². The number of hydrogen-bond donors (Lipinski definition) is 2. The number of aryl methyl sites for hydroxylation is 2. The lowest BCUT2D eigenvalue weighted by Crippen LogP contribution is -2.19. The molecule has 0 bridgehead atoms. The molecule has 0 atom stereocenters. The molecule has 0 fully saturated rings. The molecule has 0 aliphatic rings. The third-order valence-electron chi connectivity index (χ3n) is 4.77. The normalized spacial score (nSPS) is 10.4. The summed E-state index contributed by atoms with van der Waals surface area (Å²) >= 11 is 0. The highest BCUT2D eigenvalue weighted by molar-refractivity contribution is 5.72. The zero-order valence-electron chi connectivity index (χ0n) is 21.5. The molecule has 0 aliphatic carbocycles. The third kappa shape index (κ3) is 11.3. The summed E-state index contributed by atoms with van der Waals surface area (Å²) in [4.78, 5) is 4.07. The van der Waals surface area contributed by atoms with Crippen LogP contribution in [0.1, 0.15) is 44.4 Å². The highest BCUT2D eigenvalue weighted by atomic mass is 15.1. The van der Waals surface area contributed by atoms with Gasteiger partial charge in [-0.2, -0.15) is 0 Å². The molecule has 2 N–H and O–H groups in total. The maximum absolute atomic E-state index is 4.13. The molecule has 0 unspecified atom stereocenters. The van der Waals surface area contributed by atoms with Crippen LogP contribution in [0.15, 0.2) is 114 Å². The fourth-order valence-corrected chi connectivity index (χ4v) is 3.21. The van der Waals surface area contributed by atoms with E-state index in [-0.39, 0.29) is 0 Å².